The zero-order valence-electron chi connectivity index (χ0n) is 14.6. The molecule has 2 aliphatic rings. The number of nitrogens with zero attached hydrogens (tertiary/aromatic N) is 1. The van der Waals surface area contributed by atoms with Crippen LogP contribution in [0.3, 0.4) is 0 Å². The predicted octanol–water partition coefficient (Wildman–Crippen LogP) is 2.60. The lowest BCUT2D eigenvalue weighted by Gasteiger charge is -2.41. The van der Waals surface area contributed by atoms with Crippen molar-refractivity contribution in [2.45, 2.75) is 24.7 Å². The first-order valence-corrected chi connectivity index (χ1v) is 10.1. The van der Waals surface area contributed by atoms with Crippen molar-refractivity contribution in [2.75, 3.05) is 31.1 Å². The second-order valence-corrected chi connectivity index (χ2v) is 8.07. The maximum absolute atomic E-state index is 13.2. The van der Waals surface area contributed by atoms with Gasteiger partial charge in [0, 0.05) is 19.6 Å². The van der Waals surface area contributed by atoms with Crippen LogP contribution in [0.5, 0.6) is 0 Å². The van der Waals surface area contributed by atoms with Crippen LogP contribution in [0.1, 0.15) is 24.8 Å². The molecule has 2 saturated heterocycles. The number of carbonyl (C=O) groups is 2. The molecule has 0 radical (unpaired) electrons. The summed E-state index contributed by atoms with van der Waals surface area (Å²) in [6.45, 7) is 5.51. The molecule has 5 heteroatoms. The van der Waals surface area contributed by atoms with E-state index in [0.717, 1.165) is 17.9 Å². The standard InChI is InChI=1S/C20H26N2O2S/c1-2-18(23)22-11-9-20(10-12-22,17-6-4-3-5-7-17)19(24)21-14-16-8-13-25-15-16/h2-7,16H,1,8-15H2,(H,21,24). The number of piperidine rings is 1. The third-order valence-electron chi connectivity index (χ3n) is 5.44. The number of carbonyl (C=O) groups excluding carboxylic acids is 2. The number of amides is 2. The van der Waals surface area contributed by atoms with Crippen molar-refractivity contribution < 1.29 is 9.59 Å². The first-order chi connectivity index (χ1) is 12.2. The number of likely N-dealkylation sites (tertiary alicyclic amines) is 1. The van der Waals surface area contributed by atoms with Gasteiger partial charge in [-0.25, -0.2) is 0 Å². The van der Waals surface area contributed by atoms with Crippen molar-refractivity contribution in [2.24, 2.45) is 5.92 Å². The minimum Gasteiger partial charge on any atom is -0.355 e. The highest BCUT2D eigenvalue weighted by Crippen LogP contribution is 2.36. The minimum atomic E-state index is -0.537. The van der Waals surface area contributed by atoms with Crippen molar-refractivity contribution in [3.63, 3.8) is 0 Å². The van der Waals surface area contributed by atoms with Gasteiger partial charge in [-0.3, -0.25) is 9.59 Å². The molecule has 0 saturated carbocycles. The fourth-order valence-electron chi connectivity index (χ4n) is 3.79. The molecule has 2 aliphatic heterocycles. The largest absolute Gasteiger partial charge is 0.355 e. The van der Waals surface area contributed by atoms with E-state index in [1.54, 1.807) is 4.90 Å². The highest BCUT2D eigenvalue weighted by molar-refractivity contribution is 7.99. The smallest absolute Gasteiger partial charge is 0.245 e. The number of thioether (sulfide) groups is 1. The van der Waals surface area contributed by atoms with E-state index in [4.69, 9.17) is 0 Å². The molecular formula is C20H26N2O2S. The van der Waals surface area contributed by atoms with Crippen LogP contribution in [0.4, 0.5) is 0 Å². The van der Waals surface area contributed by atoms with Crippen molar-refractivity contribution >= 4 is 23.6 Å². The van der Waals surface area contributed by atoms with E-state index in [1.165, 1.54) is 18.2 Å². The number of benzene rings is 1. The molecule has 1 N–H and O–H groups in total. The number of hydrogen-bond donors (Lipinski definition) is 1. The molecule has 0 aliphatic carbocycles. The van der Waals surface area contributed by atoms with Crippen LogP contribution in [0.15, 0.2) is 43.0 Å². The fraction of sp³-hybridized carbons (Fsp3) is 0.500. The van der Waals surface area contributed by atoms with E-state index in [1.807, 2.05) is 42.1 Å². The highest BCUT2D eigenvalue weighted by Gasteiger charge is 2.43. The van der Waals surface area contributed by atoms with Crippen LogP contribution < -0.4 is 5.32 Å². The lowest BCUT2D eigenvalue weighted by atomic mass is 9.72. The molecule has 0 bridgehead atoms. The van der Waals surface area contributed by atoms with Crippen LogP contribution in [-0.2, 0) is 15.0 Å². The van der Waals surface area contributed by atoms with Crippen LogP contribution in [0, 0.1) is 5.92 Å². The SMILES string of the molecule is C=CC(=O)N1CCC(C(=O)NCC2CCSC2)(c2ccccc2)CC1. The molecule has 2 fully saturated rings. The minimum absolute atomic E-state index is 0.0509. The molecule has 1 atom stereocenters. The third-order valence-corrected chi connectivity index (χ3v) is 6.67. The second-order valence-electron chi connectivity index (χ2n) is 6.92. The average molecular weight is 359 g/mol. The van der Waals surface area contributed by atoms with Gasteiger partial charge in [-0.15, -0.1) is 0 Å². The Hall–Kier alpha value is -1.75. The first kappa shape index (κ1) is 18.1. The Kier molecular flexibility index (Phi) is 5.84. The predicted molar refractivity (Wildman–Crippen MR) is 103 cm³/mol. The molecule has 1 unspecified atom stereocenters. The van der Waals surface area contributed by atoms with Gasteiger partial charge in [-0.05, 0) is 48.3 Å². The monoisotopic (exact) mass is 358 g/mol. The van der Waals surface area contributed by atoms with Crippen molar-refractivity contribution in [3.8, 4) is 0 Å². The first-order valence-electron chi connectivity index (χ1n) is 8.98. The molecule has 134 valence electrons. The van der Waals surface area contributed by atoms with E-state index in [0.29, 0.717) is 31.8 Å². The van der Waals surface area contributed by atoms with Crippen LogP contribution >= 0.6 is 11.8 Å². The zero-order chi connectivity index (χ0) is 17.7. The zero-order valence-corrected chi connectivity index (χ0v) is 15.4. The number of hydrogen-bond acceptors (Lipinski definition) is 3. The van der Waals surface area contributed by atoms with Gasteiger partial charge in [-0.1, -0.05) is 36.9 Å². The summed E-state index contributed by atoms with van der Waals surface area (Å²) >= 11 is 1.97. The Balaban J connectivity index is 1.75. The molecule has 2 heterocycles. The van der Waals surface area contributed by atoms with E-state index in [-0.39, 0.29) is 11.8 Å². The summed E-state index contributed by atoms with van der Waals surface area (Å²) in [6, 6.07) is 10.0. The Morgan fingerprint density at radius 3 is 2.60 bits per heavy atom. The molecule has 25 heavy (non-hydrogen) atoms. The normalized spacial score (nSPS) is 22.4. The van der Waals surface area contributed by atoms with Gasteiger partial charge < -0.3 is 10.2 Å². The third kappa shape index (κ3) is 3.92. The summed E-state index contributed by atoms with van der Waals surface area (Å²) in [7, 11) is 0. The molecule has 3 rings (SSSR count). The summed E-state index contributed by atoms with van der Waals surface area (Å²) in [5, 5.41) is 3.22. The summed E-state index contributed by atoms with van der Waals surface area (Å²) in [5.74, 6) is 2.99. The lowest BCUT2D eigenvalue weighted by molar-refractivity contribution is -0.134. The molecular weight excluding hydrogens is 332 g/mol. The van der Waals surface area contributed by atoms with Gasteiger partial charge in [-0.2, -0.15) is 11.8 Å². The molecule has 4 nitrogen and oxygen atoms in total. The fourth-order valence-corrected chi connectivity index (χ4v) is 5.08. The molecule has 0 aromatic heterocycles. The van der Waals surface area contributed by atoms with Gasteiger partial charge in [0.05, 0.1) is 5.41 Å². The Morgan fingerprint density at radius 1 is 1.28 bits per heavy atom. The van der Waals surface area contributed by atoms with Crippen LogP contribution in [0.25, 0.3) is 0 Å². The maximum atomic E-state index is 13.2. The van der Waals surface area contributed by atoms with Crippen molar-refractivity contribution in [1.29, 1.82) is 0 Å². The van der Waals surface area contributed by atoms with Gasteiger partial charge in [0.1, 0.15) is 0 Å². The second kappa shape index (κ2) is 8.09. The molecule has 0 spiro atoms. The Bertz CT molecular complexity index is 618. The van der Waals surface area contributed by atoms with Crippen molar-refractivity contribution in [3.05, 3.63) is 48.6 Å². The molecule has 2 amide bonds. The Labute approximate surface area is 154 Å². The maximum Gasteiger partial charge on any atom is 0.245 e. The molecule has 1 aromatic rings. The highest BCUT2D eigenvalue weighted by atomic mass is 32.2. The van der Waals surface area contributed by atoms with Gasteiger partial charge in [0.15, 0.2) is 0 Å². The summed E-state index contributed by atoms with van der Waals surface area (Å²) in [4.78, 5) is 26.9. The van der Waals surface area contributed by atoms with E-state index < -0.39 is 5.41 Å². The van der Waals surface area contributed by atoms with Gasteiger partial charge >= 0.3 is 0 Å². The number of nitrogens with one attached hydrogen (secondary N) is 1. The van der Waals surface area contributed by atoms with Gasteiger partial charge in [0.2, 0.25) is 11.8 Å². The van der Waals surface area contributed by atoms with Crippen LogP contribution in [0.2, 0.25) is 0 Å². The Morgan fingerprint density at radius 2 is 2.00 bits per heavy atom. The van der Waals surface area contributed by atoms with E-state index in [2.05, 4.69) is 11.9 Å². The summed E-state index contributed by atoms with van der Waals surface area (Å²) in [5.41, 5.74) is 0.518. The van der Waals surface area contributed by atoms with Crippen LogP contribution in [-0.4, -0.2) is 47.9 Å². The van der Waals surface area contributed by atoms with E-state index >= 15 is 0 Å². The topological polar surface area (TPSA) is 49.4 Å². The molecule has 1 aromatic carbocycles. The van der Waals surface area contributed by atoms with Gasteiger partial charge in [0.25, 0.3) is 0 Å². The van der Waals surface area contributed by atoms with Crippen molar-refractivity contribution in [1.82, 2.24) is 10.2 Å². The summed E-state index contributed by atoms with van der Waals surface area (Å²) in [6.07, 6.45) is 3.85. The summed E-state index contributed by atoms with van der Waals surface area (Å²) < 4.78 is 0. The quantitative estimate of drug-likeness (QED) is 0.823. The average Bonchev–Trinajstić information content (AvgIpc) is 3.20. The lowest BCUT2D eigenvalue weighted by Crippen LogP contribution is -2.53. The van der Waals surface area contributed by atoms with E-state index in [9.17, 15) is 9.59 Å². The number of rotatable bonds is 5.